The van der Waals surface area contributed by atoms with E-state index in [0.717, 1.165) is 22.5 Å². The molecule has 0 aliphatic heterocycles. The normalized spacial score (nSPS) is 11.8. The zero-order valence-electron chi connectivity index (χ0n) is 22.8. The monoisotopic (exact) mass is 535 g/mol. The Morgan fingerprint density at radius 3 is 1.57 bits per heavy atom. The number of para-hydroxylation sites is 3. The molecule has 0 amide bonds. The highest BCUT2D eigenvalue weighted by Gasteiger charge is 2.20. The minimum atomic E-state index is 1.12. The second-order valence-electron chi connectivity index (χ2n) is 10.9. The number of hydrogen-bond acceptors (Lipinski definition) is 1. The van der Waals surface area contributed by atoms with E-state index in [-0.39, 0.29) is 0 Å². The third-order valence-corrected chi connectivity index (χ3v) is 8.58. The van der Waals surface area contributed by atoms with Crippen LogP contribution in [0.15, 0.2) is 152 Å². The third-order valence-electron chi connectivity index (χ3n) is 8.58. The van der Waals surface area contributed by atoms with Crippen molar-refractivity contribution >= 4 is 54.4 Å². The summed E-state index contributed by atoms with van der Waals surface area (Å²) in [7, 11) is 0. The average molecular weight is 536 g/mol. The largest absolute Gasteiger partial charge is 0.309 e. The number of nitrogens with zero attached hydrogens (tertiary/aromatic N) is 3. The SMILES string of the molecule is c1ccc(-n2c3ccccc3c3ccc4ccc5c6ccccc6n(-c6ccc(-c7cccnc7)cc6)c5c4c32)cc1. The van der Waals surface area contributed by atoms with Gasteiger partial charge in [-0.25, -0.2) is 0 Å². The van der Waals surface area contributed by atoms with Crippen molar-refractivity contribution in [1.29, 1.82) is 0 Å². The van der Waals surface area contributed by atoms with E-state index in [1.54, 1.807) is 0 Å². The van der Waals surface area contributed by atoms with E-state index in [1.807, 2.05) is 18.5 Å². The smallest absolute Gasteiger partial charge is 0.0640 e. The van der Waals surface area contributed by atoms with Crippen LogP contribution in [-0.4, -0.2) is 14.1 Å². The molecule has 0 spiro atoms. The molecule has 0 N–H and O–H groups in total. The van der Waals surface area contributed by atoms with Crippen molar-refractivity contribution in [3.8, 4) is 22.5 Å². The van der Waals surface area contributed by atoms with E-state index < -0.39 is 0 Å². The van der Waals surface area contributed by atoms with E-state index in [4.69, 9.17) is 0 Å². The van der Waals surface area contributed by atoms with Crippen LogP contribution < -0.4 is 0 Å². The first-order valence-corrected chi connectivity index (χ1v) is 14.3. The molecule has 3 nitrogen and oxygen atoms in total. The Hall–Kier alpha value is -5.67. The van der Waals surface area contributed by atoms with Crippen molar-refractivity contribution in [2.75, 3.05) is 0 Å². The van der Waals surface area contributed by atoms with E-state index in [1.165, 1.54) is 54.4 Å². The van der Waals surface area contributed by atoms with Crippen molar-refractivity contribution in [3.63, 3.8) is 0 Å². The van der Waals surface area contributed by atoms with Gasteiger partial charge in [0.15, 0.2) is 0 Å². The maximum Gasteiger partial charge on any atom is 0.0640 e. The Morgan fingerprint density at radius 1 is 0.405 bits per heavy atom. The van der Waals surface area contributed by atoms with Crippen molar-refractivity contribution in [3.05, 3.63) is 152 Å². The first-order chi connectivity index (χ1) is 20.9. The fourth-order valence-electron chi connectivity index (χ4n) is 6.76. The minimum Gasteiger partial charge on any atom is -0.309 e. The first-order valence-electron chi connectivity index (χ1n) is 14.3. The predicted molar refractivity (Wildman–Crippen MR) is 176 cm³/mol. The topological polar surface area (TPSA) is 22.8 Å². The summed E-state index contributed by atoms with van der Waals surface area (Å²) in [6, 6.07) is 50.4. The van der Waals surface area contributed by atoms with Crippen LogP contribution in [0.25, 0.3) is 76.9 Å². The molecule has 0 radical (unpaired) electrons. The molecule has 0 fully saturated rings. The fraction of sp³-hybridized carbons (Fsp3) is 0. The van der Waals surface area contributed by atoms with Gasteiger partial charge >= 0.3 is 0 Å². The summed E-state index contributed by atoms with van der Waals surface area (Å²) in [5.74, 6) is 0. The van der Waals surface area contributed by atoms with Crippen molar-refractivity contribution in [2.45, 2.75) is 0 Å². The molecule has 0 aliphatic carbocycles. The molecule has 0 saturated carbocycles. The first kappa shape index (κ1) is 23.1. The van der Waals surface area contributed by atoms with E-state index >= 15 is 0 Å². The maximum absolute atomic E-state index is 4.32. The van der Waals surface area contributed by atoms with Gasteiger partial charge in [-0.05, 0) is 59.0 Å². The van der Waals surface area contributed by atoms with Crippen LogP contribution >= 0.6 is 0 Å². The van der Waals surface area contributed by atoms with Crippen LogP contribution in [0.4, 0.5) is 0 Å². The molecule has 0 bridgehead atoms. The zero-order chi connectivity index (χ0) is 27.6. The molecule has 3 heterocycles. The molecular weight excluding hydrogens is 510 g/mol. The molecule has 6 aromatic carbocycles. The number of aromatic nitrogens is 3. The van der Waals surface area contributed by atoms with Crippen molar-refractivity contribution in [2.24, 2.45) is 0 Å². The quantitative estimate of drug-likeness (QED) is 0.221. The van der Waals surface area contributed by atoms with E-state index in [9.17, 15) is 0 Å². The summed E-state index contributed by atoms with van der Waals surface area (Å²) >= 11 is 0. The van der Waals surface area contributed by atoms with Crippen LogP contribution in [0.3, 0.4) is 0 Å². The summed E-state index contributed by atoms with van der Waals surface area (Å²) in [5, 5.41) is 7.53. The molecule has 9 rings (SSSR count). The summed E-state index contributed by atoms with van der Waals surface area (Å²) in [6.07, 6.45) is 3.73. The van der Waals surface area contributed by atoms with Gasteiger partial charge in [-0.15, -0.1) is 0 Å². The molecule has 3 aromatic heterocycles. The molecule has 42 heavy (non-hydrogen) atoms. The van der Waals surface area contributed by atoms with E-state index in [2.05, 4.69) is 148 Å². The molecule has 0 atom stereocenters. The molecule has 0 aliphatic rings. The van der Waals surface area contributed by atoms with Gasteiger partial charge in [0.2, 0.25) is 0 Å². The number of hydrogen-bond donors (Lipinski definition) is 0. The fourth-order valence-corrected chi connectivity index (χ4v) is 6.76. The lowest BCUT2D eigenvalue weighted by molar-refractivity contribution is 1.17. The van der Waals surface area contributed by atoms with Gasteiger partial charge in [-0.1, -0.05) is 97.1 Å². The van der Waals surface area contributed by atoms with Crippen molar-refractivity contribution in [1.82, 2.24) is 14.1 Å². The summed E-state index contributed by atoms with van der Waals surface area (Å²) in [6.45, 7) is 0. The molecule has 3 heteroatoms. The van der Waals surface area contributed by atoms with Gasteiger partial charge in [0.25, 0.3) is 0 Å². The second kappa shape index (κ2) is 8.92. The van der Waals surface area contributed by atoms with Crippen LogP contribution in [0, 0.1) is 0 Å². The predicted octanol–water partition coefficient (Wildman–Crippen LogP) is 10.1. The summed E-state index contributed by atoms with van der Waals surface area (Å²) < 4.78 is 4.90. The maximum atomic E-state index is 4.32. The van der Waals surface area contributed by atoms with Gasteiger partial charge in [0, 0.05) is 50.7 Å². The number of pyridine rings is 1. The van der Waals surface area contributed by atoms with Crippen LogP contribution in [-0.2, 0) is 0 Å². The summed E-state index contributed by atoms with van der Waals surface area (Å²) in [4.78, 5) is 4.32. The lowest BCUT2D eigenvalue weighted by atomic mass is 10.0. The van der Waals surface area contributed by atoms with Gasteiger partial charge < -0.3 is 9.13 Å². The highest BCUT2D eigenvalue weighted by molar-refractivity contribution is 6.28. The highest BCUT2D eigenvalue weighted by atomic mass is 15.0. The summed E-state index contributed by atoms with van der Waals surface area (Å²) in [5.41, 5.74) is 9.46. The number of rotatable bonds is 3. The van der Waals surface area contributed by atoms with Crippen LogP contribution in [0.5, 0.6) is 0 Å². The standard InChI is InChI=1S/C39H25N3/c1-2-10-29(11-3-1)41-35-14-6-4-12-31(35)33-22-18-27-19-23-34-32-13-5-7-15-36(32)42(39(34)37(27)38(33)41)30-20-16-26(17-21-30)28-9-8-24-40-25-28/h1-25H. The van der Waals surface area contributed by atoms with Gasteiger partial charge in [0.05, 0.1) is 22.1 Å². The Bertz CT molecular complexity index is 2430. The Balaban J connectivity index is 1.46. The number of fused-ring (bicyclic) bond motifs is 9. The van der Waals surface area contributed by atoms with E-state index in [0.29, 0.717) is 0 Å². The molecule has 9 aromatic rings. The molecule has 196 valence electrons. The van der Waals surface area contributed by atoms with Crippen molar-refractivity contribution < 1.29 is 0 Å². The Kier molecular flexibility index (Phi) is 4.90. The van der Waals surface area contributed by atoms with Crippen LogP contribution in [0.2, 0.25) is 0 Å². The zero-order valence-corrected chi connectivity index (χ0v) is 22.8. The second-order valence-corrected chi connectivity index (χ2v) is 10.9. The lowest BCUT2D eigenvalue weighted by Gasteiger charge is -2.14. The average Bonchev–Trinajstić information content (AvgIpc) is 3.59. The lowest BCUT2D eigenvalue weighted by Crippen LogP contribution is -1.97. The third kappa shape index (κ3) is 3.25. The molecule has 0 saturated heterocycles. The van der Waals surface area contributed by atoms with Gasteiger partial charge in [0.1, 0.15) is 0 Å². The Morgan fingerprint density at radius 2 is 0.976 bits per heavy atom. The minimum absolute atomic E-state index is 1.12. The Labute approximate surface area is 242 Å². The number of benzene rings is 6. The van der Waals surface area contributed by atoms with Gasteiger partial charge in [-0.3, -0.25) is 4.98 Å². The highest BCUT2D eigenvalue weighted by Crippen LogP contribution is 2.43. The van der Waals surface area contributed by atoms with Crippen LogP contribution in [0.1, 0.15) is 0 Å². The molecule has 0 unspecified atom stereocenters. The molecular formula is C39H25N3. The van der Waals surface area contributed by atoms with Gasteiger partial charge in [-0.2, -0.15) is 0 Å².